The van der Waals surface area contributed by atoms with E-state index in [0.29, 0.717) is 5.92 Å². The summed E-state index contributed by atoms with van der Waals surface area (Å²) in [6.45, 7) is 20.3. The number of allylic oxidation sites excluding steroid dienone is 6. The molecule has 0 amide bonds. The number of rotatable bonds is 2. The molecule has 0 radical (unpaired) electrons. The van der Waals surface area contributed by atoms with Crippen LogP contribution in [0.3, 0.4) is 0 Å². The molecule has 4 aromatic rings. The van der Waals surface area contributed by atoms with Gasteiger partial charge in [0.15, 0.2) is 0 Å². The number of hydrogen-bond donors (Lipinski definition) is 0. The molecule has 0 spiro atoms. The molecule has 1 fully saturated rings. The molecule has 2 atom stereocenters. The standard InChI is InChI=1S/C29H37.C13H8Br2.C5H5.2ClH.Zr/c1-18-25-22-17-19-13-9-10-14-20(19)24(22)21-15-11-12-16-23(21)29(25,8)28(6,7)27(4,5)26(18,2)3;14-12-5-1-3-10(8-12)7-11-4-2-6-13(15)9-11;1-2-4-5-3-1;;;/h9-11,13-15,23H,12,16-17H2,1-8H3;1-6,8-9H;1-5H;2*1H;/q-1;;-1;;;+2/p-2. The number of fused-ring (bicyclic) bond motifs is 6. The van der Waals surface area contributed by atoms with E-state index in [4.69, 9.17) is 0 Å². The first-order valence-corrected chi connectivity index (χ1v) is 20.8. The fourth-order valence-electron chi connectivity index (χ4n) is 9.34. The van der Waals surface area contributed by atoms with E-state index in [9.17, 15) is 0 Å². The van der Waals surface area contributed by atoms with Gasteiger partial charge in [0, 0.05) is 0 Å². The smallest absolute Gasteiger partial charge is 0.00969 e. The molecule has 0 N–H and O–H groups in total. The van der Waals surface area contributed by atoms with Gasteiger partial charge >= 0.3 is 128 Å². The van der Waals surface area contributed by atoms with E-state index >= 15 is 0 Å². The first kappa shape index (κ1) is 43.1. The molecule has 8 rings (SSSR count). The van der Waals surface area contributed by atoms with Gasteiger partial charge in [0.1, 0.15) is 0 Å². The quantitative estimate of drug-likeness (QED) is 0.181. The van der Waals surface area contributed by atoms with Crippen LogP contribution >= 0.6 is 31.9 Å². The topological polar surface area (TPSA) is 0 Å². The minimum atomic E-state index is 0. The molecular formula is C47H50Br2Cl2Zr-2. The van der Waals surface area contributed by atoms with Crippen LogP contribution in [0.4, 0.5) is 0 Å². The van der Waals surface area contributed by atoms with Crippen molar-refractivity contribution >= 4 is 40.6 Å². The molecular weight excluding hydrogens is 886 g/mol. The average molecular weight is 937 g/mol. The first-order valence-electron chi connectivity index (χ1n) is 18.0. The Morgan fingerprint density at radius 2 is 1.35 bits per heavy atom. The molecule has 0 aromatic heterocycles. The van der Waals surface area contributed by atoms with Crippen LogP contribution in [-0.2, 0) is 30.7 Å². The summed E-state index contributed by atoms with van der Waals surface area (Å²) < 4.78 is 3.62. The van der Waals surface area contributed by atoms with Gasteiger partial charge in [-0.15, -0.1) is 6.92 Å². The minimum Gasteiger partial charge on any atom is -1.00 e. The van der Waals surface area contributed by atoms with E-state index in [1.165, 1.54) is 62.5 Å². The molecule has 4 aromatic carbocycles. The van der Waals surface area contributed by atoms with Gasteiger partial charge in [0.2, 0.25) is 0 Å². The second-order valence-corrected chi connectivity index (χ2v) is 19.2. The van der Waals surface area contributed by atoms with Gasteiger partial charge in [-0.1, -0.05) is 113 Å². The number of benzene rings is 3. The summed E-state index contributed by atoms with van der Waals surface area (Å²) in [5.41, 5.74) is 12.9. The third-order valence-electron chi connectivity index (χ3n) is 13.6. The molecule has 4 aliphatic rings. The maximum atomic E-state index is 3.50. The van der Waals surface area contributed by atoms with Gasteiger partial charge in [0.05, 0.1) is 0 Å². The molecule has 2 unspecified atom stereocenters. The largest absolute Gasteiger partial charge is 1.00 e. The third kappa shape index (κ3) is 7.26. The third-order valence-corrected chi connectivity index (χ3v) is 16.0. The zero-order valence-electron chi connectivity index (χ0n) is 31.7. The van der Waals surface area contributed by atoms with E-state index < -0.39 is 0 Å². The zero-order chi connectivity index (χ0) is 36.1. The minimum absolute atomic E-state index is 0. The van der Waals surface area contributed by atoms with Gasteiger partial charge in [0.25, 0.3) is 0 Å². The van der Waals surface area contributed by atoms with Crippen molar-refractivity contribution < 1.29 is 49.0 Å². The average Bonchev–Trinajstić information content (AvgIpc) is 3.80. The van der Waals surface area contributed by atoms with Crippen molar-refractivity contribution in [1.82, 2.24) is 0 Å². The Bertz CT molecular complexity index is 1930. The van der Waals surface area contributed by atoms with Crippen LogP contribution in [0.25, 0.3) is 5.57 Å². The van der Waals surface area contributed by atoms with Gasteiger partial charge in [-0.05, 0) is 40.6 Å². The van der Waals surface area contributed by atoms with Gasteiger partial charge in [-0.25, -0.2) is 18.1 Å². The predicted molar refractivity (Wildman–Crippen MR) is 218 cm³/mol. The van der Waals surface area contributed by atoms with Crippen molar-refractivity contribution in [2.75, 3.05) is 0 Å². The van der Waals surface area contributed by atoms with E-state index in [1.807, 2.05) is 42.5 Å². The summed E-state index contributed by atoms with van der Waals surface area (Å²) in [4.78, 5) is 0. The molecule has 0 bridgehead atoms. The van der Waals surface area contributed by atoms with Crippen molar-refractivity contribution in [3.05, 3.63) is 169 Å². The molecule has 0 saturated heterocycles. The SMILES string of the molecule is Brc1cccc([C](=[Zr+2])c2cccc(Br)c2)c1.C[C-]1C2=C3Cc4ccccc4C3=C3C=CCCC3C2(C)C(C)(C)C(C)(C)C1(C)C.[Cl-].[Cl-].c1cc[cH-]c1. The predicted octanol–water partition coefficient (Wildman–Crippen LogP) is 7.71. The Kier molecular flexibility index (Phi) is 13.8. The van der Waals surface area contributed by atoms with Crippen LogP contribution < -0.4 is 24.8 Å². The fourth-order valence-corrected chi connectivity index (χ4v) is 10.9. The normalized spacial score (nSPS) is 22.5. The van der Waals surface area contributed by atoms with Gasteiger partial charge in [-0.3, -0.25) is 0 Å². The van der Waals surface area contributed by atoms with Crippen LogP contribution in [0.2, 0.25) is 0 Å². The molecule has 272 valence electrons. The number of hydrogen-bond acceptors (Lipinski definition) is 0. The van der Waals surface area contributed by atoms with Crippen molar-refractivity contribution in [2.24, 2.45) is 27.6 Å². The van der Waals surface area contributed by atoms with Crippen molar-refractivity contribution in [3.8, 4) is 0 Å². The van der Waals surface area contributed by atoms with Crippen molar-refractivity contribution in [2.45, 2.75) is 74.7 Å². The van der Waals surface area contributed by atoms with E-state index in [2.05, 4.69) is 160 Å². The summed E-state index contributed by atoms with van der Waals surface area (Å²) >= 11 is 8.43. The Balaban J connectivity index is 0.000000221. The van der Waals surface area contributed by atoms with Gasteiger partial charge < -0.3 is 24.8 Å². The molecule has 0 aliphatic heterocycles. The van der Waals surface area contributed by atoms with E-state index in [1.54, 1.807) is 28.2 Å². The Labute approximate surface area is 357 Å². The summed E-state index contributed by atoms with van der Waals surface area (Å²) in [6, 6.07) is 36.0. The Morgan fingerprint density at radius 1 is 0.769 bits per heavy atom. The number of halogens is 4. The van der Waals surface area contributed by atoms with Gasteiger partial charge in [-0.2, -0.15) is 29.3 Å². The molecule has 0 nitrogen and oxygen atoms in total. The maximum Gasteiger partial charge on any atom is -0.00969 e. The summed E-state index contributed by atoms with van der Waals surface area (Å²) in [6.07, 6.45) is 8.50. The van der Waals surface area contributed by atoms with Crippen molar-refractivity contribution in [1.29, 1.82) is 0 Å². The Morgan fingerprint density at radius 3 is 1.88 bits per heavy atom. The second kappa shape index (κ2) is 16.6. The summed E-state index contributed by atoms with van der Waals surface area (Å²) in [5, 5.41) is 0. The summed E-state index contributed by atoms with van der Waals surface area (Å²) in [5.74, 6) is 2.24. The van der Waals surface area contributed by atoms with Crippen LogP contribution in [-0.4, -0.2) is 3.21 Å². The maximum absolute atomic E-state index is 3.50. The van der Waals surface area contributed by atoms with Crippen LogP contribution in [0, 0.1) is 33.5 Å². The van der Waals surface area contributed by atoms with Crippen LogP contribution in [0.5, 0.6) is 0 Å². The van der Waals surface area contributed by atoms with E-state index in [-0.39, 0.29) is 46.5 Å². The molecule has 1 saturated carbocycles. The molecule has 4 aliphatic carbocycles. The van der Waals surface area contributed by atoms with Crippen molar-refractivity contribution in [3.63, 3.8) is 0 Å². The monoisotopic (exact) mass is 932 g/mol. The fraction of sp³-hybridized carbons (Fsp3) is 0.340. The zero-order valence-corrected chi connectivity index (χ0v) is 38.8. The second-order valence-electron chi connectivity index (χ2n) is 16.1. The summed E-state index contributed by atoms with van der Waals surface area (Å²) in [7, 11) is 0. The van der Waals surface area contributed by atoms with E-state index in [0.717, 1.165) is 15.4 Å². The van der Waals surface area contributed by atoms with Crippen LogP contribution in [0.1, 0.15) is 90.5 Å². The molecule has 5 heteroatoms. The van der Waals surface area contributed by atoms with Crippen LogP contribution in [0.15, 0.2) is 141 Å². The Hall–Kier alpha value is -1.61. The molecule has 0 heterocycles. The first-order chi connectivity index (χ1) is 23.6. The molecule has 52 heavy (non-hydrogen) atoms.